The van der Waals surface area contributed by atoms with Crippen LogP contribution in [0, 0.1) is 7.14 Å². The van der Waals surface area contributed by atoms with E-state index in [9.17, 15) is 9.59 Å². The molecule has 0 amide bonds. The molecular formula is C33H30I2N2O4S. The number of benzene rings is 3. The van der Waals surface area contributed by atoms with Gasteiger partial charge in [-0.1, -0.05) is 79.8 Å². The first-order chi connectivity index (χ1) is 20.2. The minimum absolute atomic E-state index is 0.204. The summed E-state index contributed by atoms with van der Waals surface area (Å²) in [6.45, 7) is 8.80. The quantitative estimate of drug-likeness (QED) is 0.148. The zero-order valence-electron chi connectivity index (χ0n) is 23.7. The van der Waals surface area contributed by atoms with E-state index in [4.69, 9.17) is 14.5 Å². The minimum Gasteiger partial charge on any atom is -0.492 e. The maximum absolute atomic E-state index is 14.2. The summed E-state index contributed by atoms with van der Waals surface area (Å²) in [5, 5.41) is 0. The summed E-state index contributed by atoms with van der Waals surface area (Å²) >= 11 is 5.84. The van der Waals surface area contributed by atoms with Crippen molar-refractivity contribution in [3.05, 3.63) is 121 Å². The molecule has 1 aliphatic rings. The third-order valence-electron chi connectivity index (χ3n) is 6.90. The molecule has 3 aromatic carbocycles. The molecule has 5 rings (SSSR count). The summed E-state index contributed by atoms with van der Waals surface area (Å²) in [5.41, 5.74) is 4.35. The Morgan fingerprint density at radius 3 is 2.29 bits per heavy atom. The number of nitrogens with zero attached hydrogens (tertiary/aromatic N) is 2. The van der Waals surface area contributed by atoms with Crippen LogP contribution >= 0.6 is 56.5 Å². The zero-order valence-corrected chi connectivity index (χ0v) is 28.8. The molecule has 1 aromatic heterocycles. The van der Waals surface area contributed by atoms with E-state index in [-0.39, 0.29) is 12.2 Å². The van der Waals surface area contributed by atoms with Crippen LogP contribution in [0.25, 0.3) is 11.8 Å². The maximum Gasteiger partial charge on any atom is 0.338 e. The monoisotopic (exact) mass is 804 g/mol. The van der Waals surface area contributed by atoms with Crippen LogP contribution in [0.15, 0.2) is 82.1 Å². The number of hydrogen-bond donors (Lipinski definition) is 0. The molecule has 0 N–H and O–H groups in total. The molecule has 0 aliphatic carbocycles. The van der Waals surface area contributed by atoms with Crippen molar-refractivity contribution >= 4 is 74.3 Å². The highest BCUT2D eigenvalue weighted by molar-refractivity contribution is 14.1. The lowest BCUT2D eigenvalue weighted by atomic mass is 9.91. The van der Waals surface area contributed by atoms with Gasteiger partial charge in [0.15, 0.2) is 4.80 Å². The van der Waals surface area contributed by atoms with Gasteiger partial charge in [-0.05, 0) is 99.8 Å². The van der Waals surface area contributed by atoms with Crippen LogP contribution in [0.1, 0.15) is 61.9 Å². The van der Waals surface area contributed by atoms with E-state index in [0.29, 0.717) is 33.1 Å². The summed E-state index contributed by atoms with van der Waals surface area (Å²) < 4.78 is 15.5. The minimum atomic E-state index is -0.695. The van der Waals surface area contributed by atoms with E-state index >= 15 is 0 Å². The van der Waals surface area contributed by atoms with Gasteiger partial charge in [0.05, 0.1) is 42.2 Å². The summed E-state index contributed by atoms with van der Waals surface area (Å²) in [6.07, 6.45) is 1.89. The number of ether oxygens (including phenoxy) is 2. The fourth-order valence-electron chi connectivity index (χ4n) is 4.92. The molecule has 0 saturated heterocycles. The van der Waals surface area contributed by atoms with E-state index in [2.05, 4.69) is 71.2 Å². The summed E-state index contributed by atoms with van der Waals surface area (Å²) in [4.78, 5) is 33.3. The number of thiazole rings is 1. The fraction of sp³-hybridized carbons (Fsp3) is 0.242. The van der Waals surface area contributed by atoms with Gasteiger partial charge in [-0.2, -0.15) is 0 Å². The predicted octanol–water partition coefficient (Wildman–Crippen LogP) is 6.67. The summed E-state index contributed by atoms with van der Waals surface area (Å²) in [5.74, 6) is 0.706. The SMILES string of the molecule is CCOC(=O)C1=C(c2ccccc2)N=c2s/c(=C\c3cc(I)c(OCC)c(I)c3)c(=O)n2[C@H]1c1ccc(C(C)C)cc1. The Morgan fingerprint density at radius 2 is 1.69 bits per heavy atom. The van der Waals surface area contributed by atoms with Crippen LogP contribution in [0.4, 0.5) is 0 Å². The van der Waals surface area contributed by atoms with Crippen molar-refractivity contribution in [1.29, 1.82) is 0 Å². The van der Waals surface area contributed by atoms with Crippen molar-refractivity contribution in [3.63, 3.8) is 0 Å². The Kier molecular flexibility index (Phi) is 9.68. The molecule has 0 radical (unpaired) electrons. The number of rotatable bonds is 8. The molecule has 9 heteroatoms. The van der Waals surface area contributed by atoms with Crippen LogP contribution < -0.4 is 19.6 Å². The molecule has 1 aliphatic heterocycles. The number of aromatic nitrogens is 1. The Balaban J connectivity index is 1.78. The topological polar surface area (TPSA) is 69.9 Å². The first-order valence-corrected chi connectivity index (χ1v) is 16.7. The van der Waals surface area contributed by atoms with Gasteiger partial charge in [-0.3, -0.25) is 9.36 Å². The van der Waals surface area contributed by atoms with Gasteiger partial charge in [-0.15, -0.1) is 0 Å². The Labute approximate surface area is 276 Å². The number of hydrogen-bond acceptors (Lipinski definition) is 6. The van der Waals surface area contributed by atoms with E-state index in [1.54, 1.807) is 11.5 Å². The molecule has 2 heterocycles. The van der Waals surface area contributed by atoms with Gasteiger partial charge in [0.25, 0.3) is 5.56 Å². The van der Waals surface area contributed by atoms with Gasteiger partial charge in [0.2, 0.25) is 0 Å². The van der Waals surface area contributed by atoms with Crippen LogP contribution in [-0.2, 0) is 9.53 Å². The number of carbonyl (C=O) groups is 1. The molecule has 216 valence electrons. The second kappa shape index (κ2) is 13.3. The highest BCUT2D eigenvalue weighted by Gasteiger charge is 2.35. The highest BCUT2D eigenvalue weighted by Crippen LogP contribution is 2.36. The van der Waals surface area contributed by atoms with E-state index < -0.39 is 12.0 Å². The third kappa shape index (κ3) is 6.14. The zero-order chi connectivity index (χ0) is 30.0. The van der Waals surface area contributed by atoms with Crippen molar-refractivity contribution in [2.45, 2.75) is 39.7 Å². The number of halogens is 2. The average Bonchev–Trinajstić information content (AvgIpc) is 3.28. The molecular weight excluding hydrogens is 774 g/mol. The lowest BCUT2D eigenvalue weighted by Gasteiger charge is -2.26. The molecule has 42 heavy (non-hydrogen) atoms. The Bertz CT molecular complexity index is 1820. The normalized spacial score (nSPS) is 15.0. The van der Waals surface area contributed by atoms with Crippen molar-refractivity contribution in [2.75, 3.05) is 13.2 Å². The van der Waals surface area contributed by atoms with Crippen LogP contribution in [0.3, 0.4) is 0 Å². The second-order valence-electron chi connectivity index (χ2n) is 10.00. The van der Waals surface area contributed by atoms with E-state index in [0.717, 1.165) is 29.6 Å². The van der Waals surface area contributed by atoms with Crippen molar-refractivity contribution in [1.82, 2.24) is 4.57 Å². The average molecular weight is 804 g/mol. The molecule has 0 bridgehead atoms. The molecule has 0 saturated carbocycles. The highest BCUT2D eigenvalue weighted by atomic mass is 127. The number of fused-ring (bicyclic) bond motifs is 1. The van der Waals surface area contributed by atoms with Gasteiger partial charge < -0.3 is 9.47 Å². The Hall–Kier alpha value is -2.77. The molecule has 4 aromatic rings. The molecule has 1 atom stereocenters. The molecule has 6 nitrogen and oxygen atoms in total. The maximum atomic E-state index is 14.2. The van der Waals surface area contributed by atoms with Gasteiger partial charge in [0.1, 0.15) is 5.75 Å². The molecule has 0 unspecified atom stereocenters. The molecule has 0 spiro atoms. The van der Waals surface area contributed by atoms with Crippen LogP contribution in [0.5, 0.6) is 5.75 Å². The van der Waals surface area contributed by atoms with Crippen molar-refractivity contribution < 1.29 is 14.3 Å². The van der Waals surface area contributed by atoms with Gasteiger partial charge in [0, 0.05) is 5.56 Å². The lowest BCUT2D eigenvalue weighted by molar-refractivity contribution is -0.138. The first kappa shape index (κ1) is 30.7. The van der Waals surface area contributed by atoms with Gasteiger partial charge >= 0.3 is 5.97 Å². The van der Waals surface area contributed by atoms with E-state index in [1.165, 1.54) is 16.9 Å². The second-order valence-corrected chi connectivity index (χ2v) is 13.3. The van der Waals surface area contributed by atoms with E-state index in [1.807, 2.05) is 67.6 Å². The van der Waals surface area contributed by atoms with Crippen LogP contribution in [0.2, 0.25) is 0 Å². The standard InChI is InChI=1S/C33H30I2N2O4S/c1-5-40-30-24(34)16-20(17-25(30)35)18-26-31(38)37-29(23-14-12-21(13-15-23)19(3)4)27(32(39)41-6-2)28(36-33(37)42-26)22-10-8-7-9-11-22/h7-19,29H,5-6H2,1-4H3/b26-18-/t29-/m0/s1. The van der Waals surface area contributed by atoms with Crippen molar-refractivity contribution in [2.24, 2.45) is 4.99 Å². The first-order valence-electron chi connectivity index (χ1n) is 13.7. The van der Waals surface area contributed by atoms with Crippen LogP contribution in [-0.4, -0.2) is 23.8 Å². The largest absolute Gasteiger partial charge is 0.492 e. The predicted molar refractivity (Wildman–Crippen MR) is 185 cm³/mol. The number of esters is 1. The number of carbonyl (C=O) groups excluding carboxylic acids is 1. The lowest BCUT2D eigenvalue weighted by Crippen LogP contribution is -2.40. The third-order valence-corrected chi connectivity index (χ3v) is 9.49. The fourth-order valence-corrected chi connectivity index (χ4v) is 8.04. The van der Waals surface area contributed by atoms with Gasteiger partial charge in [-0.25, -0.2) is 9.79 Å². The smallest absolute Gasteiger partial charge is 0.338 e. The van der Waals surface area contributed by atoms with Crippen molar-refractivity contribution in [3.8, 4) is 5.75 Å². The molecule has 0 fully saturated rings. The summed E-state index contributed by atoms with van der Waals surface area (Å²) in [7, 11) is 0. The summed E-state index contributed by atoms with van der Waals surface area (Å²) in [6, 6.07) is 21.0. The Morgan fingerprint density at radius 1 is 1.02 bits per heavy atom.